The summed E-state index contributed by atoms with van der Waals surface area (Å²) in [5.41, 5.74) is 0.378. The second-order valence-corrected chi connectivity index (χ2v) is 3.41. The number of nitrogens with zero attached hydrogens (tertiary/aromatic N) is 2. The van der Waals surface area contributed by atoms with Crippen molar-refractivity contribution in [3.63, 3.8) is 0 Å². The van der Waals surface area contributed by atoms with Crippen LogP contribution in [0, 0.1) is 11.3 Å². The molecule has 0 amide bonds. The monoisotopic (exact) mass is 244 g/mol. The van der Waals surface area contributed by atoms with Crippen molar-refractivity contribution in [2.45, 2.75) is 6.61 Å². The third kappa shape index (κ3) is 2.65. The van der Waals surface area contributed by atoms with Crippen molar-refractivity contribution >= 4 is 5.97 Å². The first-order valence-corrected chi connectivity index (χ1v) is 5.01. The SMILES string of the molecule is N#Cc1ccc(OCc2cc(C(=O)O)no2)cc1. The van der Waals surface area contributed by atoms with Gasteiger partial charge in [0, 0.05) is 6.07 Å². The van der Waals surface area contributed by atoms with E-state index in [0.29, 0.717) is 17.1 Å². The van der Waals surface area contributed by atoms with Gasteiger partial charge in [0.1, 0.15) is 12.4 Å². The van der Waals surface area contributed by atoms with E-state index in [1.807, 2.05) is 6.07 Å². The molecule has 0 aliphatic heterocycles. The fraction of sp³-hybridized carbons (Fsp3) is 0.0833. The fourth-order valence-corrected chi connectivity index (χ4v) is 1.26. The number of hydrogen-bond acceptors (Lipinski definition) is 5. The van der Waals surface area contributed by atoms with Crippen molar-refractivity contribution in [1.82, 2.24) is 5.16 Å². The Morgan fingerprint density at radius 1 is 1.44 bits per heavy atom. The molecule has 2 rings (SSSR count). The van der Waals surface area contributed by atoms with Gasteiger partial charge in [-0.25, -0.2) is 4.79 Å². The highest BCUT2D eigenvalue weighted by molar-refractivity contribution is 5.85. The Kier molecular flexibility index (Phi) is 3.25. The van der Waals surface area contributed by atoms with Crippen molar-refractivity contribution in [2.24, 2.45) is 0 Å². The molecular weight excluding hydrogens is 236 g/mol. The molecule has 1 heterocycles. The van der Waals surface area contributed by atoms with Gasteiger partial charge in [-0.3, -0.25) is 0 Å². The summed E-state index contributed by atoms with van der Waals surface area (Å²) >= 11 is 0. The summed E-state index contributed by atoms with van der Waals surface area (Å²) in [6.45, 7) is 0.0756. The fourth-order valence-electron chi connectivity index (χ4n) is 1.26. The van der Waals surface area contributed by atoms with E-state index in [1.165, 1.54) is 6.07 Å². The van der Waals surface area contributed by atoms with E-state index < -0.39 is 5.97 Å². The number of nitriles is 1. The van der Waals surface area contributed by atoms with Crippen LogP contribution >= 0.6 is 0 Å². The molecule has 0 spiro atoms. The first kappa shape index (κ1) is 11.7. The molecule has 0 atom stereocenters. The predicted molar refractivity (Wildman–Crippen MR) is 59.0 cm³/mol. The molecule has 0 aliphatic carbocycles. The van der Waals surface area contributed by atoms with Crippen LogP contribution in [-0.4, -0.2) is 16.2 Å². The van der Waals surface area contributed by atoms with Crippen LogP contribution < -0.4 is 4.74 Å². The standard InChI is InChI=1S/C12H8N2O4/c13-6-8-1-3-9(4-2-8)17-7-10-5-11(12(15)16)14-18-10/h1-5H,7H2,(H,15,16). The molecule has 0 radical (unpaired) electrons. The van der Waals surface area contributed by atoms with E-state index in [4.69, 9.17) is 19.6 Å². The van der Waals surface area contributed by atoms with Crippen LogP contribution in [0.25, 0.3) is 0 Å². The maximum atomic E-state index is 10.6. The summed E-state index contributed by atoms with van der Waals surface area (Å²) in [5, 5.41) is 20.6. The van der Waals surface area contributed by atoms with Gasteiger partial charge in [0.25, 0.3) is 0 Å². The van der Waals surface area contributed by atoms with E-state index in [-0.39, 0.29) is 12.3 Å². The molecule has 2 aromatic rings. The summed E-state index contributed by atoms with van der Waals surface area (Å²) < 4.78 is 10.1. The topological polar surface area (TPSA) is 96.3 Å². The number of carbonyl (C=O) groups is 1. The van der Waals surface area contributed by atoms with E-state index in [0.717, 1.165) is 0 Å². The zero-order chi connectivity index (χ0) is 13.0. The second-order valence-electron chi connectivity index (χ2n) is 3.41. The zero-order valence-electron chi connectivity index (χ0n) is 9.16. The summed E-state index contributed by atoms with van der Waals surface area (Å²) in [6.07, 6.45) is 0. The zero-order valence-corrected chi connectivity index (χ0v) is 9.16. The van der Waals surface area contributed by atoms with Crippen LogP contribution in [0.1, 0.15) is 21.8 Å². The minimum absolute atomic E-state index is 0.0756. The number of rotatable bonds is 4. The van der Waals surface area contributed by atoms with Gasteiger partial charge in [-0.15, -0.1) is 0 Å². The predicted octanol–water partition coefficient (Wildman–Crippen LogP) is 1.82. The summed E-state index contributed by atoms with van der Waals surface area (Å²) in [6, 6.07) is 9.83. The molecule has 0 unspecified atom stereocenters. The Balaban J connectivity index is 1.98. The van der Waals surface area contributed by atoms with Crippen LogP contribution in [-0.2, 0) is 6.61 Å². The third-order valence-electron chi connectivity index (χ3n) is 2.14. The van der Waals surface area contributed by atoms with Gasteiger partial charge in [0.2, 0.25) is 0 Å². The molecule has 1 N–H and O–H groups in total. The Bertz CT molecular complexity index is 595. The molecule has 90 valence electrons. The molecule has 6 nitrogen and oxygen atoms in total. The lowest BCUT2D eigenvalue weighted by Crippen LogP contribution is -1.96. The number of carboxylic acids is 1. The normalized spacial score (nSPS) is 9.72. The van der Waals surface area contributed by atoms with Crippen LogP contribution in [0.15, 0.2) is 34.9 Å². The summed E-state index contributed by atoms with van der Waals surface area (Å²) in [7, 11) is 0. The Labute approximate surface area is 102 Å². The van der Waals surface area contributed by atoms with Gasteiger partial charge in [0.15, 0.2) is 11.5 Å². The number of aromatic nitrogens is 1. The average molecular weight is 244 g/mol. The van der Waals surface area contributed by atoms with Gasteiger partial charge in [-0.1, -0.05) is 5.16 Å². The number of aromatic carboxylic acids is 1. The molecule has 1 aromatic carbocycles. The van der Waals surface area contributed by atoms with Crippen molar-refractivity contribution in [1.29, 1.82) is 5.26 Å². The Morgan fingerprint density at radius 3 is 2.72 bits per heavy atom. The van der Waals surface area contributed by atoms with Gasteiger partial charge in [-0.2, -0.15) is 5.26 Å². The lowest BCUT2D eigenvalue weighted by Gasteiger charge is -2.02. The Hall–Kier alpha value is -2.81. The largest absolute Gasteiger partial charge is 0.486 e. The maximum absolute atomic E-state index is 10.6. The molecule has 0 saturated heterocycles. The Morgan fingerprint density at radius 2 is 2.17 bits per heavy atom. The molecule has 0 bridgehead atoms. The minimum atomic E-state index is -1.15. The van der Waals surface area contributed by atoms with E-state index >= 15 is 0 Å². The highest BCUT2D eigenvalue weighted by Gasteiger charge is 2.10. The van der Waals surface area contributed by atoms with Crippen molar-refractivity contribution in [3.05, 3.63) is 47.3 Å². The van der Waals surface area contributed by atoms with Crippen molar-refractivity contribution < 1.29 is 19.2 Å². The van der Waals surface area contributed by atoms with E-state index in [1.54, 1.807) is 24.3 Å². The molecular formula is C12H8N2O4. The van der Waals surface area contributed by atoms with Gasteiger partial charge in [0.05, 0.1) is 11.6 Å². The number of benzene rings is 1. The lowest BCUT2D eigenvalue weighted by molar-refractivity contribution is 0.0685. The summed E-state index contributed by atoms with van der Waals surface area (Å²) in [5.74, 6) is -0.276. The molecule has 0 aliphatic rings. The first-order valence-electron chi connectivity index (χ1n) is 5.01. The van der Waals surface area contributed by atoms with Crippen LogP contribution in [0.3, 0.4) is 0 Å². The van der Waals surface area contributed by atoms with Crippen molar-refractivity contribution in [3.8, 4) is 11.8 Å². The van der Waals surface area contributed by atoms with Gasteiger partial charge >= 0.3 is 5.97 Å². The van der Waals surface area contributed by atoms with E-state index in [9.17, 15) is 4.79 Å². The van der Waals surface area contributed by atoms with Crippen LogP contribution in [0.5, 0.6) is 5.75 Å². The van der Waals surface area contributed by atoms with Crippen LogP contribution in [0.4, 0.5) is 0 Å². The van der Waals surface area contributed by atoms with E-state index in [2.05, 4.69) is 5.16 Å². The molecule has 1 aromatic heterocycles. The van der Waals surface area contributed by atoms with Gasteiger partial charge < -0.3 is 14.4 Å². The third-order valence-corrected chi connectivity index (χ3v) is 2.14. The first-order chi connectivity index (χ1) is 8.69. The van der Waals surface area contributed by atoms with Crippen LogP contribution in [0.2, 0.25) is 0 Å². The van der Waals surface area contributed by atoms with Gasteiger partial charge in [-0.05, 0) is 24.3 Å². The molecule has 6 heteroatoms. The highest BCUT2D eigenvalue weighted by Crippen LogP contribution is 2.14. The quantitative estimate of drug-likeness (QED) is 0.881. The summed E-state index contributed by atoms with van der Waals surface area (Å²) in [4.78, 5) is 10.6. The van der Waals surface area contributed by atoms with Crippen molar-refractivity contribution in [2.75, 3.05) is 0 Å². The number of ether oxygens (including phenoxy) is 1. The molecule has 0 saturated carbocycles. The minimum Gasteiger partial charge on any atom is -0.486 e. The molecule has 18 heavy (non-hydrogen) atoms. The molecule has 0 fully saturated rings. The average Bonchev–Trinajstić information content (AvgIpc) is 2.86. The number of hydrogen-bond donors (Lipinski definition) is 1. The second kappa shape index (κ2) is 5.01. The smallest absolute Gasteiger partial charge is 0.358 e. The lowest BCUT2D eigenvalue weighted by atomic mass is 10.2. The maximum Gasteiger partial charge on any atom is 0.358 e. The number of carboxylic acid groups (broad SMARTS) is 1. The highest BCUT2D eigenvalue weighted by atomic mass is 16.5.